The van der Waals surface area contributed by atoms with Crippen LogP contribution in [0.2, 0.25) is 0 Å². The number of rotatable bonds is 7. The first-order valence-corrected chi connectivity index (χ1v) is 11.3. The molecule has 4 heterocycles. The van der Waals surface area contributed by atoms with E-state index >= 15 is 0 Å². The third-order valence-electron chi connectivity index (χ3n) is 5.87. The number of aromatic nitrogens is 1. The average Bonchev–Trinajstić information content (AvgIpc) is 3.46. The van der Waals surface area contributed by atoms with Gasteiger partial charge >= 0.3 is 0 Å². The van der Waals surface area contributed by atoms with Crippen LogP contribution in [-0.4, -0.2) is 91.4 Å². The molecule has 2 aromatic heterocycles. The Morgan fingerprint density at radius 2 is 1.94 bits per heavy atom. The minimum absolute atomic E-state index is 0.125. The van der Waals surface area contributed by atoms with Crippen LogP contribution in [0.4, 0.5) is 0 Å². The molecule has 0 radical (unpaired) electrons. The number of hydrogen-bond donors (Lipinski definition) is 1. The predicted molar refractivity (Wildman–Crippen MR) is 118 cm³/mol. The topological polar surface area (TPSA) is 82.5 Å². The second-order valence-electron chi connectivity index (χ2n) is 8.06. The summed E-state index contributed by atoms with van der Waals surface area (Å²) >= 11 is 0. The van der Waals surface area contributed by atoms with Gasteiger partial charge in [-0.1, -0.05) is 5.16 Å². The Labute approximate surface area is 184 Å². The van der Waals surface area contributed by atoms with Crippen molar-refractivity contribution in [3.8, 4) is 0 Å². The quantitative estimate of drug-likeness (QED) is 0.525. The Morgan fingerprint density at radius 1 is 1.13 bits per heavy atom. The van der Waals surface area contributed by atoms with E-state index in [-0.39, 0.29) is 6.04 Å². The molecule has 0 aromatic carbocycles. The Morgan fingerprint density at radius 3 is 2.58 bits per heavy atom. The van der Waals surface area contributed by atoms with Crippen molar-refractivity contribution in [1.29, 1.82) is 0 Å². The lowest BCUT2D eigenvalue weighted by Gasteiger charge is -2.37. The third-order valence-corrected chi connectivity index (χ3v) is 5.87. The first-order chi connectivity index (χ1) is 15.2. The summed E-state index contributed by atoms with van der Waals surface area (Å²) in [6.07, 6.45) is 1.63. The molecule has 2 fully saturated rings. The lowest BCUT2D eigenvalue weighted by atomic mass is 10.1. The summed E-state index contributed by atoms with van der Waals surface area (Å²) in [7, 11) is 0. The molecule has 4 rings (SSSR count). The van der Waals surface area contributed by atoms with E-state index < -0.39 is 0 Å². The molecule has 1 unspecified atom stereocenters. The first-order valence-electron chi connectivity index (χ1n) is 11.3. The molecule has 0 spiro atoms. The van der Waals surface area contributed by atoms with Gasteiger partial charge < -0.3 is 23.9 Å². The van der Waals surface area contributed by atoms with Crippen molar-refractivity contribution in [3.63, 3.8) is 0 Å². The molecule has 0 bridgehead atoms. The van der Waals surface area contributed by atoms with Gasteiger partial charge in [-0.2, -0.15) is 0 Å². The van der Waals surface area contributed by atoms with Crippen molar-refractivity contribution in [2.75, 3.05) is 65.6 Å². The maximum atomic E-state index is 5.99. The van der Waals surface area contributed by atoms with Crippen molar-refractivity contribution < 1.29 is 13.7 Å². The number of morpholine rings is 1. The van der Waals surface area contributed by atoms with E-state index in [4.69, 9.17) is 18.7 Å². The number of aryl methyl sites for hydroxylation is 1. The maximum absolute atomic E-state index is 5.99. The summed E-state index contributed by atoms with van der Waals surface area (Å²) in [4.78, 5) is 12.2. The first kappa shape index (κ1) is 21.9. The van der Waals surface area contributed by atoms with Crippen LogP contribution >= 0.6 is 0 Å². The number of guanidine groups is 1. The highest BCUT2D eigenvalue weighted by Crippen LogP contribution is 2.24. The van der Waals surface area contributed by atoms with Crippen molar-refractivity contribution in [3.05, 3.63) is 41.7 Å². The monoisotopic (exact) mass is 430 g/mol. The summed E-state index contributed by atoms with van der Waals surface area (Å²) in [6.45, 7) is 13.6. The second kappa shape index (κ2) is 10.8. The third kappa shape index (κ3) is 5.87. The van der Waals surface area contributed by atoms with Gasteiger partial charge in [0.2, 0.25) is 0 Å². The lowest BCUT2D eigenvalue weighted by Crippen LogP contribution is -2.52. The van der Waals surface area contributed by atoms with E-state index in [0.29, 0.717) is 6.54 Å². The van der Waals surface area contributed by atoms with Crippen molar-refractivity contribution in [2.45, 2.75) is 26.4 Å². The molecule has 9 heteroatoms. The van der Waals surface area contributed by atoms with Crippen LogP contribution in [-0.2, 0) is 11.3 Å². The van der Waals surface area contributed by atoms with E-state index in [1.54, 1.807) is 6.26 Å². The van der Waals surface area contributed by atoms with Gasteiger partial charge in [0.1, 0.15) is 17.8 Å². The van der Waals surface area contributed by atoms with Crippen molar-refractivity contribution >= 4 is 5.96 Å². The Hall–Kier alpha value is -2.36. The zero-order valence-electron chi connectivity index (χ0n) is 18.6. The Bertz CT molecular complexity index is 807. The molecule has 170 valence electrons. The normalized spacial score (nSPS) is 20.2. The highest BCUT2D eigenvalue weighted by molar-refractivity contribution is 5.80. The molecular formula is C22H34N6O3. The van der Waals surface area contributed by atoms with E-state index in [2.05, 4.69) is 38.2 Å². The second-order valence-corrected chi connectivity index (χ2v) is 8.06. The van der Waals surface area contributed by atoms with Gasteiger partial charge in [-0.15, -0.1) is 0 Å². The average molecular weight is 431 g/mol. The zero-order valence-corrected chi connectivity index (χ0v) is 18.6. The van der Waals surface area contributed by atoms with E-state index in [9.17, 15) is 0 Å². The number of hydrogen-bond acceptors (Lipinski definition) is 7. The SMILES string of the molecule is CCNC(=NCC(c1ccc(C)o1)N1CCOCC1)N1CCN(Cc2ccon2)CC1. The van der Waals surface area contributed by atoms with Crippen LogP contribution in [0, 0.1) is 6.92 Å². The molecule has 2 saturated heterocycles. The van der Waals surface area contributed by atoms with E-state index in [1.165, 1.54) is 0 Å². The minimum atomic E-state index is 0.125. The fraction of sp³-hybridized carbons (Fsp3) is 0.636. The van der Waals surface area contributed by atoms with Gasteiger partial charge in [-0.05, 0) is 26.0 Å². The molecule has 9 nitrogen and oxygen atoms in total. The van der Waals surface area contributed by atoms with Crippen molar-refractivity contribution in [1.82, 2.24) is 25.2 Å². The van der Waals surface area contributed by atoms with Crippen molar-refractivity contribution in [2.24, 2.45) is 4.99 Å². The molecular weight excluding hydrogens is 396 g/mol. The molecule has 1 N–H and O–H groups in total. The highest BCUT2D eigenvalue weighted by atomic mass is 16.5. The van der Waals surface area contributed by atoms with Gasteiger partial charge in [-0.25, -0.2) is 0 Å². The molecule has 1 atom stereocenters. The molecule has 0 aliphatic carbocycles. The number of aliphatic imine (C=N–C) groups is 1. The summed E-state index contributed by atoms with van der Waals surface area (Å²) in [6, 6.07) is 6.17. The zero-order chi connectivity index (χ0) is 21.5. The summed E-state index contributed by atoms with van der Waals surface area (Å²) in [5.74, 6) is 2.90. The fourth-order valence-electron chi connectivity index (χ4n) is 4.17. The van der Waals surface area contributed by atoms with Gasteiger partial charge in [0.05, 0.1) is 31.5 Å². The van der Waals surface area contributed by atoms with E-state index in [1.807, 2.05) is 19.1 Å². The lowest BCUT2D eigenvalue weighted by molar-refractivity contribution is 0.0134. The number of ether oxygens (including phenoxy) is 1. The molecule has 0 saturated carbocycles. The Kier molecular flexibility index (Phi) is 7.61. The Balaban J connectivity index is 1.40. The number of piperazine rings is 1. The minimum Gasteiger partial charge on any atom is -0.465 e. The largest absolute Gasteiger partial charge is 0.465 e. The standard InChI is InChI=1S/C22H34N6O3/c1-3-23-22(28-9-7-26(8-10-28)17-19-6-13-30-25-19)24-16-20(21-5-4-18(2)31-21)27-11-14-29-15-12-27/h4-6,13,20H,3,7-12,14-17H2,1-2H3,(H,23,24). The molecule has 2 aliphatic heterocycles. The molecule has 2 aromatic rings. The fourth-order valence-corrected chi connectivity index (χ4v) is 4.17. The van der Waals surface area contributed by atoms with Crippen LogP contribution in [0.25, 0.3) is 0 Å². The summed E-state index contributed by atoms with van der Waals surface area (Å²) in [5, 5.41) is 7.51. The number of nitrogens with zero attached hydrogens (tertiary/aromatic N) is 5. The van der Waals surface area contributed by atoms with Crippen LogP contribution in [0.5, 0.6) is 0 Å². The smallest absolute Gasteiger partial charge is 0.194 e. The molecule has 0 amide bonds. The van der Waals surface area contributed by atoms with Crippen LogP contribution in [0.1, 0.15) is 30.2 Å². The molecule has 31 heavy (non-hydrogen) atoms. The van der Waals surface area contributed by atoms with E-state index in [0.717, 1.165) is 88.7 Å². The summed E-state index contributed by atoms with van der Waals surface area (Å²) in [5.41, 5.74) is 0.983. The van der Waals surface area contributed by atoms with Gasteiger partial charge in [-0.3, -0.25) is 14.8 Å². The van der Waals surface area contributed by atoms with Crippen LogP contribution < -0.4 is 5.32 Å². The van der Waals surface area contributed by atoms with Gasteiger partial charge in [0, 0.05) is 58.4 Å². The predicted octanol–water partition coefficient (Wildman–Crippen LogP) is 1.73. The maximum Gasteiger partial charge on any atom is 0.194 e. The summed E-state index contributed by atoms with van der Waals surface area (Å²) < 4.78 is 16.5. The van der Waals surface area contributed by atoms with Crippen LogP contribution in [0.3, 0.4) is 0 Å². The number of nitrogens with one attached hydrogen (secondary N) is 1. The van der Waals surface area contributed by atoms with Gasteiger partial charge in [0.25, 0.3) is 0 Å². The highest BCUT2D eigenvalue weighted by Gasteiger charge is 2.26. The number of furan rings is 1. The van der Waals surface area contributed by atoms with Crippen LogP contribution in [0.15, 0.2) is 38.4 Å². The van der Waals surface area contributed by atoms with Gasteiger partial charge in [0.15, 0.2) is 5.96 Å². The molecule has 2 aliphatic rings.